The Kier molecular flexibility index (Phi) is 9.25. The number of aromatic nitrogens is 2. The zero-order valence-corrected chi connectivity index (χ0v) is 33.8. The van der Waals surface area contributed by atoms with E-state index in [-0.39, 0.29) is 53.6 Å². The van der Waals surface area contributed by atoms with Gasteiger partial charge in [0.2, 0.25) is 17.3 Å². The van der Waals surface area contributed by atoms with Gasteiger partial charge in [0.25, 0.3) is 5.88 Å². The van der Waals surface area contributed by atoms with Crippen LogP contribution in [0.15, 0.2) is 93.4 Å². The summed E-state index contributed by atoms with van der Waals surface area (Å²) in [5, 5.41) is 7.07. The van der Waals surface area contributed by atoms with Gasteiger partial charge in [0.05, 0.1) is 38.5 Å². The molecule has 8 atom stereocenters. The van der Waals surface area contributed by atoms with Gasteiger partial charge in [-0.2, -0.15) is 0 Å². The number of H-pyrrole nitrogens is 1. The van der Waals surface area contributed by atoms with E-state index in [9.17, 15) is 9.59 Å². The number of fused-ring (bicyclic) bond motifs is 4. The molecule has 4 fully saturated rings. The van der Waals surface area contributed by atoms with E-state index in [0.717, 1.165) is 75.8 Å². The number of ketones is 2. The number of nitrogens with zero attached hydrogens (tertiary/aromatic N) is 3. The lowest BCUT2D eigenvalue weighted by molar-refractivity contribution is -0.617. The number of hydrogen-bond donors (Lipinski definition) is 0. The lowest BCUT2D eigenvalue weighted by Crippen LogP contribution is -2.54. The molecule has 2 spiro atoms. The van der Waals surface area contributed by atoms with Crippen LogP contribution in [0.3, 0.4) is 0 Å². The molecule has 2 aliphatic carbocycles. The minimum atomic E-state index is -1.10. The zero-order valence-electron chi connectivity index (χ0n) is 33.8. The first-order chi connectivity index (χ1) is 29.4. The summed E-state index contributed by atoms with van der Waals surface area (Å²) in [6.07, 6.45) is 9.85. The zero-order chi connectivity index (χ0) is 40.6. The summed E-state index contributed by atoms with van der Waals surface area (Å²) in [5.41, 5.74) is 0.708. The summed E-state index contributed by atoms with van der Waals surface area (Å²) in [6.45, 7) is 4.59. The molecule has 2 aromatic heterocycles. The van der Waals surface area contributed by atoms with Gasteiger partial charge < -0.3 is 32.9 Å². The third-order valence-electron chi connectivity index (χ3n) is 13.9. The van der Waals surface area contributed by atoms with E-state index in [2.05, 4.69) is 20.1 Å². The lowest BCUT2D eigenvalue weighted by Gasteiger charge is -2.43. The molecule has 312 valence electrons. The molecule has 14 heteroatoms. The highest BCUT2D eigenvalue weighted by molar-refractivity contribution is 6.09. The van der Waals surface area contributed by atoms with Gasteiger partial charge in [-0.1, -0.05) is 60.7 Å². The van der Waals surface area contributed by atoms with Crippen LogP contribution in [0.25, 0.3) is 0 Å². The van der Waals surface area contributed by atoms with E-state index < -0.39 is 11.2 Å². The van der Waals surface area contributed by atoms with Crippen molar-refractivity contribution in [2.24, 2.45) is 11.8 Å². The van der Waals surface area contributed by atoms with Crippen LogP contribution in [0.5, 0.6) is 11.8 Å². The summed E-state index contributed by atoms with van der Waals surface area (Å²) in [5.74, 6) is 2.78. The van der Waals surface area contributed by atoms with Crippen molar-refractivity contribution < 1.29 is 52.2 Å². The summed E-state index contributed by atoms with van der Waals surface area (Å²) in [7, 11) is 3.22. The maximum Gasteiger partial charge on any atom is 0.424 e. The molecular formula is C46H49N4O10+. The number of methoxy groups -OCH3 is 2. The van der Waals surface area contributed by atoms with Crippen molar-refractivity contribution in [3.63, 3.8) is 0 Å². The number of nitrogens with one attached hydrogen (secondary N) is 1. The molecule has 60 heavy (non-hydrogen) atoms. The molecule has 4 aromatic rings. The summed E-state index contributed by atoms with van der Waals surface area (Å²) >= 11 is 0. The number of carbonyl (C=O) groups excluding carboxylic acids is 2. The van der Waals surface area contributed by atoms with Gasteiger partial charge in [-0.05, 0) is 93.1 Å². The Morgan fingerprint density at radius 1 is 0.683 bits per heavy atom. The van der Waals surface area contributed by atoms with Crippen LogP contribution in [0.1, 0.15) is 94.0 Å². The Bertz CT molecular complexity index is 2180. The van der Waals surface area contributed by atoms with Gasteiger partial charge in [0.15, 0.2) is 22.5 Å². The minimum absolute atomic E-state index is 0.0259. The monoisotopic (exact) mass is 817 g/mol. The van der Waals surface area contributed by atoms with Gasteiger partial charge in [-0.15, -0.1) is 0 Å². The van der Waals surface area contributed by atoms with Crippen LogP contribution in [0.4, 0.5) is 0 Å². The summed E-state index contributed by atoms with van der Waals surface area (Å²) in [4.78, 5) is 32.6. The predicted octanol–water partition coefficient (Wildman–Crippen LogP) is 5.97. The maximum absolute atomic E-state index is 13.9. The molecule has 6 aliphatic heterocycles. The third kappa shape index (κ3) is 5.60. The SMILES string of the molecule is COC1=C[C@@H]2CC3[C@H](N4CCCC4)c4onc(OCc5ccccc5)c4C(=O)[C@]13O2.COC1=C[C@H]2CC3[C@H](N4CCCC4)c4o[nH+]c(OCc5ccccc5)c4C(=O)[C@@]13O2. The largest absolute Gasteiger partial charge is 0.498 e. The second-order valence-electron chi connectivity index (χ2n) is 17.0. The van der Waals surface area contributed by atoms with E-state index in [1.807, 2.05) is 72.8 Å². The fourth-order valence-electron chi connectivity index (χ4n) is 11.4. The van der Waals surface area contributed by atoms with Crippen molar-refractivity contribution in [1.29, 1.82) is 0 Å². The Morgan fingerprint density at radius 3 is 1.72 bits per heavy atom. The van der Waals surface area contributed by atoms with E-state index >= 15 is 0 Å². The van der Waals surface area contributed by atoms with Crippen LogP contribution >= 0.6 is 0 Å². The molecule has 4 saturated heterocycles. The van der Waals surface area contributed by atoms with E-state index in [4.69, 9.17) is 37.5 Å². The Hall–Kier alpha value is -5.28. The van der Waals surface area contributed by atoms with Crippen LogP contribution < -0.4 is 14.6 Å². The first-order valence-corrected chi connectivity index (χ1v) is 21.3. The van der Waals surface area contributed by atoms with Crippen molar-refractivity contribution >= 4 is 11.6 Å². The number of carbonyl (C=O) groups is 2. The molecule has 4 bridgehead atoms. The third-order valence-corrected chi connectivity index (χ3v) is 13.9. The maximum atomic E-state index is 13.9. The lowest BCUT2D eigenvalue weighted by atomic mass is 9.67. The van der Waals surface area contributed by atoms with Crippen molar-refractivity contribution in [2.75, 3.05) is 40.4 Å². The van der Waals surface area contributed by atoms with Crippen LogP contribution in [-0.4, -0.2) is 90.3 Å². The second kappa shape index (κ2) is 14.7. The summed E-state index contributed by atoms with van der Waals surface area (Å²) < 4.78 is 47.6. The average Bonchev–Trinajstić information content (AvgIpc) is 4.15. The number of hydrogen-bond acceptors (Lipinski definition) is 13. The molecule has 0 saturated carbocycles. The van der Waals surface area contributed by atoms with Gasteiger partial charge >= 0.3 is 5.88 Å². The van der Waals surface area contributed by atoms with Crippen LogP contribution in [0.2, 0.25) is 0 Å². The molecule has 14 nitrogen and oxygen atoms in total. The summed E-state index contributed by atoms with van der Waals surface area (Å²) in [6, 6.07) is 19.6. The molecule has 1 N–H and O–H groups in total. The Labute approximate surface area is 347 Å². The van der Waals surface area contributed by atoms with Gasteiger partial charge in [0, 0.05) is 17.0 Å². The Morgan fingerprint density at radius 2 is 1.18 bits per heavy atom. The number of ether oxygens (including phenoxy) is 6. The Balaban J connectivity index is 0.000000136. The van der Waals surface area contributed by atoms with E-state index in [1.165, 1.54) is 0 Å². The number of benzene rings is 2. The average molecular weight is 818 g/mol. The molecule has 2 aromatic carbocycles. The van der Waals surface area contributed by atoms with Gasteiger partial charge in [-0.25, -0.2) is 4.52 Å². The molecule has 8 aliphatic rings. The van der Waals surface area contributed by atoms with Crippen LogP contribution in [0, 0.1) is 11.8 Å². The quantitative estimate of drug-likeness (QED) is 0.185. The molecule has 0 amide bonds. The van der Waals surface area contributed by atoms with E-state index in [0.29, 0.717) is 53.3 Å². The molecule has 12 rings (SSSR count). The van der Waals surface area contributed by atoms with Gasteiger partial charge in [-0.3, -0.25) is 19.4 Å². The predicted molar refractivity (Wildman–Crippen MR) is 211 cm³/mol. The minimum Gasteiger partial charge on any atom is -0.498 e. The van der Waals surface area contributed by atoms with Crippen molar-refractivity contribution in [2.45, 2.75) is 87.2 Å². The standard InChI is InChI=1S/2C23H24N2O5/c2*1-27-17-12-15-11-16-19(25-9-5-6-10-25)20-18(21(26)23(16,17)29-15)22(24-30-20)28-13-14-7-3-2-4-8-14/h2*2-4,7-8,12,15-16,19H,5-6,9-11,13H2,1H3/p+1/t15-,16?,19+,23+;15-,16?,19-,23+/m10/s1. The second-order valence-corrected chi connectivity index (χ2v) is 17.0. The number of aromatic amines is 1. The van der Waals surface area contributed by atoms with Gasteiger partial charge in [0.1, 0.15) is 30.3 Å². The highest BCUT2D eigenvalue weighted by Gasteiger charge is 2.71. The number of likely N-dealkylation sites (tertiary alicyclic amines) is 2. The van der Waals surface area contributed by atoms with E-state index in [1.54, 1.807) is 14.2 Å². The highest BCUT2D eigenvalue weighted by atomic mass is 16.6. The first-order valence-electron chi connectivity index (χ1n) is 21.3. The van der Waals surface area contributed by atoms with Crippen LogP contribution in [-0.2, 0) is 32.2 Å². The fraction of sp³-hybridized carbons (Fsp3) is 0.478. The normalized spacial score (nSPS) is 32.1. The number of rotatable bonds is 10. The van der Waals surface area contributed by atoms with Crippen molar-refractivity contribution in [3.05, 3.63) is 118 Å². The molecule has 0 radical (unpaired) electrons. The molecular weight excluding hydrogens is 769 g/mol. The molecule has 2 unspecified atom stereocenters. The first kappa shape index (κ1) is 37.7. The molecule has 8 heterocycles. The number of Topliss-reactive ketones (excluding diaryl/α,β-unsaturated/α-hetero) is 2. The smallest absolute Gasteiger partial charge is 0.424 e. The fourth-order valence-corrected chi connectivity index (χ4v) is 11.4. The highest BCUT2D eigenvalue weighted by Crippen LogP contribution is 2.61. The topological polar surface area (TPSA) is 149 Å². The van der Waals surface area contributed by atoms with Crippen molar-refractivity contribution in [1.82, 2.24) is 15.0 Å². The van der Waals surface area contributed by atoms with Crippen molar-refractivity contribution in [3.8, 4) is 11.8 Å².